The Kier molecular flexibility index (Phi) is 12.1. The van der Waals surface area contributed by atoms with Gasteiger partial charge < -0.3 is 4.90 Å². The van der Waals surface area contributed by atoms with E-state index in [-0.39, 0.29) is 0 Å². The Morgan fingerprint density at radius 1 is 0.688 bits per heavy atom. The molecule has 0 rings (SSSR count). The largest absolute Gasteiger partial charge is 0.301 e. The van der Waals surface area contributed by atoms with Crippen molar-refractivity contribution in [2.24, 2.45) is 0 Å². The van der Waals surface area contributed by atoms with Crippen LogP contribution < -0.4 is 0 Å². The van der Waals surface area contributed by atoms with Crippen LogP contribution in [0.25, 0.3) is 0 Å². The number of thiocyanates is 3. The van der Waals surface area contributed by atoms with Gasteiger partial charge in [-0.1, -0.05) is 0 Å². The molecular weight excluding hydrogens is 260 g/mol. The zero-order valence-electron chi connectivity index (χ0n) is 8.76. The predicted molar refractivity (Wildman–Crippen MR) is 70.7 cm³/mol. The van der Waals surface area contributed by atoms with E-state index in [4.69, 9.17) is 15.8 Å². The van der Waals surface area contributed by atoms with E-state index in [9.17, 15) is 0 Å². The van der Waals surface area contributed by atoms with Gasteiger partial charge in [-0.2, -0.15) is 15.8 Å². The van der Waals surface area contributed by atoms with E-state index in [0.29, 0.717) is 0 Å². The van der Waals surface area contributed by atoms with Crippen LogP contribution in [-0.2, 0) is 0 Å². The molecule has 7 heteroatoms. The molecule has 0 amide bonds. The number of rotatable bonds is 9. The Morgan fingerprint density at radius 3 is 1.25 bits per heavy atom. The van der Waals surface area contributed by atoms with Gasteiger partial charge >= 0.3 is 0 Å². The first kappa shape index (κ1) is 15.5. The zero-order chi connectivity index (χ0) is 12.1. The Bertz CT molecular complexity index is 241. The fourth-order valence-corrected chi connectivity index (χ4v) is 2.32. The Balaban J connectivity index is 3.73. The van der Waals surface area contributed by atoms with E-state index >= 15 is 0 Å². The van der Waals surface area contributed by atoms with Gasteiger partial charge in [-0.15, -0.1) is 0 Å². The first-order valence-corrected chi connectivity index (χ1v) is 7.55. The molecule has 16 heavy (non-hydrogen) atoms. The number of nitrogens with zero attached hydrogens (tertiary/aromatic N) is 4. The quantitative estimate of drug-likeness (QED) is 0.469. The summed E-state index contributed by atoms with van der Waals surface area (Å²) in [5.41, 5.74) is 0. The summed E-state index contributed by atoms with van der Waals surface area (Å²) in [5.74, 6) is 2.31. The summed E-state index contributed by atoms with van der Waals surface area (Å²) in [6.07, 6.45) is 0. The molecule has 0 bridgehead atoms. The molecule has 0 aromatic heterocycles. The molecule has 0 N–H and O–H groups in total. The second-order valence-corrected chi connectivity index (χ2v) is 5.30. The van der Waals surface area contributed by atoms with Crippen LogP contribution >= 0.6 is 35.3 Å². The van der Waals surface area contributed by atoms with Crippen molar-refractivity contribution in [1.29, 1.82) is 15.8 Å². The van der Waals surface area contributed by atoms with Gasteiger partial charge in [0.05, 0.1) is 0 Å². The average molecular weight is 272 g/mol. The minimum Gasteiger partial charge on any atom is -0.301 e. The Labute approximate surface area is 109 Å². The van der Waals surface area contributed by atoms with Crippen molar-refractivity contribution in [2.75, 3.05) is 36.9 Å². The fourth-order valence-electron chi connectivity index (χ4n) is 0.997. The van der Waals surface area contributed by atoms with Crippen molar-refractivity contribution in [3.63, 3.8) is 0 Å². The summed E-state index contributed by atoms with van der Waals surface area (Å²) in [6.45, 7) is 2.49. The molecule has 0 spiro atoms. The van der Waals surface area contributed by atoms with Crippen molar-refractivity contribution in [3.8, 4) is 16.2 Å². The van der Waals surface area contributed by atoms with Gasteiger partial charge in [0.2, 0.25) is 0 Å². The lowest BCUT2D eigenvalue weighted by atomic mass is 10.5. The number of hydrogen-bond donors (Lipinski definition) is 0. The van der Waals surface area contributed by atoms with Gasteiger partial charge in [-0.25, -0.2) is 0 Å². The maximum atomic E-state index is 8.41. The van der Waals surface area contributed by atoms with Crippen LogP contribution in [0.3, 0.4) is 0 Å². The van der Waals surface area contributed by atoms with Crippen molar-refractivity contribution in [2.45, 2.75) is 0 Å². The summed E-state index contributed by atoms with van der Waals surface area (Å²) in [7, 11) is 0. The minimum absolute atomic E-state index is 0.769. The number of nitriles is 3. The molecule has 0 heterocycles. The summed E-state index contributed by atoms with van der Waals surface area (Å²) in [5, 5.41) is 31.3. The van der Waals surface area contributed by atoms with Crippen molar-refractivity contribution >= 4 is 35.3 Å². The molecule has 0 aliphatic carbocycles. The lowest BCUT2D eigenvalue weighted by Crippen LogP contribution is -2.30. The highest BCUT2D eigenvalue weighted by molar-refractivity contribution is 8.04. The highest BCUT2D eigenvalue weighted by Crippen LogP contribution is 2.04. The van der Waals surface area contributed by atoms with Crippen LogP contribution in [0.15, 0.2) is 0 Å². The lowest BCUT2D eigenvalue weighted by Gasteiger charge is -2.19. The molecule has 0 atom stereocenters. The van der Waals surface area contributed by atoms with Crippen LogP contribution in [0.1, 0.15) is 0 Å². The summed E-state index contributed by atoms with van der Waals surface area (Å²) >= 11 is 3.71. The topological polar surface area (TPSA) is 74.6 Å². The highest BCUT2D eigenvalue weighted by Gasteiger charge is 2.04. The fraction of sp³-hybridized carbons (Fsp3) is 0.667. The van der Waals surface area contributed by atoms with E-state index in [1.165, 1.54) is 35.3 Å². The zero-order valence-corrected chi connectivity index (χ0v) is 11.2. The van der Waals surface area contributed by atoms with Gasteiger partial charge in [-0.05, 0) is 35.3 Å². The smallest absolute Gasteiger partial charge is 0.133 e. The van der Waals surface area contributed by atoms with E-state index in [2.05, 4.69) is 4.90 Å². The summed E-state index contributed by atoms with van der Waals surface area (Å²) in [4.78, 5) is 2.18. The molecule has 0 aromatic carbocycles. The van der Waals surface area contributed by atoms with Gasteiger partial charge in [0.25, 0.3) is 0 Å². The average Bonchev–Trinajstić information content (AvgIpc) is 2.29. The van der Waals surface area contributed by atoms with E-state index in [0.717, 1.165) is 36.9 Å². The maximum absolute atomic E-state index is 8.41. The molecule has 0 fully saturated rings. The first-order valence-electron chi connectivity index (χ1n) is 4.60. The number of thioether (sulfide) groups is 3. The molecule has 0 unspecified atom stereocenters. The molecule has 0 aliphatic rings. The molecule has 86 valence electrons. The molecule has 0 saturated heterocycles. The van der Waals surface area contributed by atoms with Gasteiger partial charge in [0, 0.05) is 36.9 Å². The van der Waals surface area contributed by atoms with Crippen LogP contribution in [0.2, 0.25) is 0 Å². The number of hydrogen-bond acceptors (Lipinski definition) is 7. The lowest BCUT2D eigenvalue weighted by molar-refractivity contribution is 0.329. The minimum atomic E-state index is 0.769. The third-order valence-electron chi connectivity index (χ3n) is 1.72. The van der Waals surface area contributed by atoms with Gasteiger partial charge in [0.1, 0.15) is 16.2 Å². The van der Waals surface area contributed by atoms with Crippen molar-refractivity contribution < 1.29 is 0 Å². The molecule has 0 aliphatic heterocycles. The third kappa shape index (κ3) is 10.0. The molecule has 0 radical (unpaired) electrons. The molecule has 0 saturated carbocycles. The van der Waals surface area contributed by atoms with Crippen LogP contribution in [-0.4, -0.2) is 41.8 Å². The monoisotopic (exact) mass is 272 g/mol. The van der Waals surface area contributed by atoms with E-state index in [1.54, 1.807) is 0 Å². The van der Waals surface area contributed by atoms with Crippen LogP contribution in [0.5, 0.6) is 0 Å². The molecule has 0 aromatic rings. The second-order valence-electron chi connectivity index (χ2n) is 2.66. The second kappa shape index (κ2) is 12.5. The first-order chi connectivity index (χ1) is 7.85. The normalized spacial score (nSPS) is 9.38. The summed E-state index contributed by atoms with van der Waals surface area (Å²) in [6, 6.07) is 0. The van der Waals surface area contributed by atoms with Crippen molar-refractivity contribution in [3.05, 3.63) is 0 Å². The van der Waals surface area contributed by atoms with E-state index in [1.807, 2.05) is 16.2 Å². The summed E-state index contributed by atoms with van der Waals surface area (Å²) < 4.78 is 0. The van der Waals surface area contributed by atoms with Crippen molar-refractivity contribution in [1.82, 2.24) is 4.90 Å². The van der Waals surface area contributed by atoms with Crippen LogP contribution in [0, 0.1) is 32.0 Å². The van der Waals surface area contributed by atoms with Gasteiger partial charge in [-0.3, -0.25) is 0 Å². The Morgan fingerprint density at radius 2 is 1.00 bits per heavy atom. The standard InChI is InChI=1S/C9H12N4S3/c10-7-14-4-1-13(2-5-15-8-11)3-6-16-9-12/h1-6H2. The van der Waals surface area contributed by atoms with Gasteiger partial charge in [0.15, 0.2) is 0 Å². The predicted octanol–water partition coefficient (Wildman–Crippen LogP) is 1.93. The SMILES string of the molecule is N#CSCCN(CCSC#N)CCSC#N. The Hall–Kier alpha value is -0.520. The van der Waals surface area contributed by atoms with Crippen LogP contribution in [0.4, 0.5) is 0 Å². The molecular formula is C9H12N4S3. The maximum Gasteiger partial charge on any atom is 0.133 e. The van der Waals surface area contributed by atoms with E-state index < -0.39 is 0 Å². The third-order valence-corrected chi connectivity index (χ3v) is 3.27. The highest BCUT2D eigenvalue weighted by atomic mass is 32.2. The molecule has 4 nitrogen and oxygen atoms in total.